The third-order valence-electron chi connectivity index (χ3n) is 8.09. The molecule has 0 spiro atoms. The van der Waals surface area contributed by atoms with Crippen molar-refractivity contribution >= 4 is 11.1 Å². The van der Waals surface area contributed by atoms with Crippen molar-refractivity contribution in [2.45, 2.75) is 27.6 Å². The average molecular weight is 672 g/mol. The predicted molar refractivity (Wildman–Crippen MR) is 139 cm³/mol. The fourth-order valence-electron chi connectivity index (χ4n) is 6.45. The molecule has 2 aliphatic carbocycles. The number of allylic oxidation sites excluding steroid dienone is 4. The van der Waals surface area contributed by atoms with Crippen LogP contribution in [0.25, 0.3) is 33.4 Å². The van der Waals surface area contributed by atoms with Crippen molar-refractivity contribution in [2.24, 2.45) is 0 Å². The van der Waals surface area contributed by atoms with Crippen molar-refractivity contribution in [2.75, 3.05) is 0 Å². The van der Waals surface area contributed by atoms with Crippen LogP contribution in [0.5, 0.6) is 0 Å². The molecule has 1 heterocycles. The molecule has 0 nitrogen and oxygen atoms in total. The Morgan fingerprint density at radius 1 is 0.528 bits per heavy atom. The van der Waals surface area contributed by atoms with Gasteiger partial charge in [0.25, 0.3) is 0 Å². The second-order valence-corrected chi connectivity index (χ2v) is 15.2. The van der Waals surface area contributed by atoms with Crippen molar-refractivity contribution in [3.8, 4) is 22.3 Å². The second kappa shape index (κ2) is 9.93. The summed E-state index contributed by atoms with van der Waals surface area (Å²) in [7, 11) is 0. The molecule has 3 aliphatic rings. The van der Waals surface area contributed by atoms with E-state index in [1.165, 1.54) is 22.3 Å². The average Bonchev–Trinajstić information content (AvgIpc) is 3.34. The normalized spacial score (nSPS) is 18.6. The van der Waals surface area contributed by atoms with Gasteiger partial charge in [0.15, 0.2) is 0 Å². The Labute approximate surface area is 237 Å². The van der Waals surface area contributed by atoms with Crippen molar-refractivity contribution in [3.05, 3.63) is 130 Å². The number of halogens is 2. The van der Waals surface area contributed by atoms with Gasteiger partial charge in [-0.1, -0.05) is 0 Å². The summed E-state index contributed by atoms with van der Waals surface area (Å²) >= 11 is -1.11. The van der Waals surface area contributed by atoms with Gasteiger partial charge in [0.2, 0.25) is 0 Å². The predicted octanol–water partition coefficient (Wildman–Crippen LogP) is 2.87. The van der Waals surface area contributed by atoms with E-state index in [2.05, 4.69) is 111 Å². The molecule has 0 saturated carbocycles. The minimum absolute atomic E-state index is 0. The summed E-state index contributed by atoms with van der Waals surface area (Å²) in [4.78, 5) is 0. The molecule has 2 atom stereocenters. The van der Waals surface area contributed by atoms with E-state index < -0.39 is 22.9 Å². The quantitative estimate of drug-likeness (QED) is 0.288. The van der Waals surface area contributed by atoms with Crippen LogP contribution in [0, 0.1) is 0 Å². The summed E-state index contributed by atoms with van der Waals surface area (Å²) in [6.07, 6.45) is 1.06. The molecule has 4 aromatic rings. The molecule has 4 bridgehead atoms. The topological polar surface area (TPSA) is 0 Å². The fourth-order valence-corrected chi connectivity index (χ4v) is 13.7. The van der Waals surface area contributed by atoms with Gasteiger partial charge in [0.05, 0.1) is 0 Å². The summed E-state index contributed by atoms with van der Waals surface area (Å²) in [6.45, 7) is 4.90. The maximum absolute atomic E-state index is 2.45. The molecule has 0 amide bonds. The van der Waals surface area contributed by atoms with Crippen molar-refractivity contribution in [1.29, 1.82) is 0 Å². The zero-order valence-corrected chi connectivity index (χ0v) is 25.5. The second-order valence-electron chi connectivity index (χ2n) is 9.80. The smallest absolute Gasteiger partial charge is 1.00 e. The third-order valence-corrected chi connectivity index (χ3v) is 15.8. The van der Waals surface area contributed by atoms with E-state index in [9.17, 15) is 0 Å². The first-order valence-electron chi connectivity index (χ1n) is 12.2. The molecule has 0 aromatic heterocycles. The molecular weight excluding hydrogens is 646 g/mol. The molecule has 36 heavy (non-hydrogen) atoms. The van der Waals surface area contributed by atoms with E-state index >= 15 is 0 Å². The summed E-state index contributed by atoms with van der Waals surface area (Å²) < 4.78 is 1.39. The van der Waals surface area contributed by atoms with E-state index in [0.29, 0.717) is 7.35 Å². The Morgan fingerprint density at radius 3 is 1.36 bits per heavy atom. The van der Waals surface area contributed by atoms with Gasteiger partial charge in [-0.2, -0.15) is 0 Å². The van der Waals surface area contributed by atoms with E-state index in [1.54, 1.807) is 44.5 Å². The Kier molecular flexibility index (Phi) is 7.03. The Hall–Kier alpha value is -2.19. The van der Waals surface area contributed by atoms with Crippen LogP contribution in [-0.2, 0) is 22.9 Å². The summed E-state index contributed by atoms with van der Waals surface area (Å²) in [5, 5.41) is 0. The molecule has 4 aromatic carbocycles. The third kappa shape index (κ3) is 3.74. The van der Waals surface area contributed by atoms with Crippen LogP contribution in [0.3, 0.4) is 0 Å². The van der Waals surface area contributed by atoms with Crippen LogP contribution in [0.15, 0.2) is 108 Å². The molecule has 3 heteroatoms. The minimum Gasteiger partial charge on any atom is -1.00 e. The maximum Gasteiger partial charge on any atom is -1.00 e. The van der Waals surface area contributed by atoms with Crippen LogP contribution in [0.1, 0.15) is 49.9 Å². The van der Waals surface area contributed by atoms with Gasteiger partial charge in [-0.05, 0) is 0 Å². The number of rotatable bonds is 2. The first kappa shape index (κ1) is 25.5. The van der Waals surface area contributed by atoms with Gasteiger partial charge in [-0.15, -0.1) is 0 Å². The van der Waals surface area contributed by atoms with Gasteiger partial charge in [-0.3, -0.25) is 0 Å². The van der Waals surface area contributed by atoms with Crippen LogP contribution in [0.2, 0.25) is 0 Å². The van der Waals surface area contributed by atoms with Crippen LogP contribution in [-0.4, -0.2) is 0 Å². The zero-order valence-electron chi connectivity index (χ0n) is 20.4. The van der Waals surface area contributed by atoms with E-state index in [-0.39, 0.29) is 24.8 Å². The SMILES string of the molecule is CC1=C2CC3=C(C)[CH]([Hf+2][CH]1c1cccc(-c4ccccc4)c12)c1cccc(-c2ccccc2)c13.[Cl-].[Cl-]. The summed E-state index contributed by atoms with van der Waals surface area (Å²) in [6, 6.07) is 36.2. The van der Waals surface area contributed by atoms with Gasteiger partial charge in [-0.25, -0.2) is 0 Å². The molecular formula is C33H26Cl2Hf. The molecule has 2 unspecified atom stereocenters. The molecule has 0 radical (unpaired) electrons. The van der Waals surface area contributed by atoms with Gasteiger partial charge >= 0.3 is 214 Å². The summed E-state index contributed by atoms with van der Waals surface area (Å²) in [5.74, 6) is 0. The van der Waals surface area contributed by atoms with Gasteiger partial charge in [0.1, 0.15) is 0 Å². The van der Waals surface area contributed by atoms with Crippen LogP contribution >= 0.6 is 0 Å². The first-order chi connectivity index (χ1) is 16.7. The van der Waals surface area contributed by atoms with Crippen molar-refractivity contribution < 1.29 is 47.7 Å². The number of benzene rings is 4. The van der Waals surface area contributed by atoms with Crippen LogP contribution < -0.4 is 24.8 Å². The Balaban J connectivity index is 0.00000133. The standard InChI is InChI=1S/C33H26.2ClH.Hf/c1-22-19-26-15-9-17-28(24-11-5-3-6-12-24)32(26)30(22)21-31-23(2)20-27-16-10-18-29(33(27)31)25-13-7-4-8-14-25;;;/h3-20H,21H2,1-2H3;2*1H;/q;;;+2/p-2. The summed E-state index contributed by atoms with van der Waals surface area (Å²) in [5.41, 5.74) is 18.4. The van der Waals surface area contributed by atoms with Crippen molar-refractivity contribution in [1.82, 2.24) is 0 Å². The maximum atomic E-state index is 2.45. The molecule has 0 fully saturated rings. The molecule has 7 rings (SSSR count). The van der Waals surface area contributed by atoms with Gasteiger partial charge < -0.3 is 24.8 Å². The number of hydrogen-bond donors (Lipinski definition) is 0. The Morgan fingerprint density at radius 2 is 0.944 bits per heavy atom. The molecule has 0 saturated heterocycles. The zero-order chi connectivity index (χ0) is 22.8. The monoisotopic (exact) mass is 672 g/mol. The molecule has 176 valence electrons. The van der Waals surface area contributed by atoms with E-state index in [0.717, 1.165) is 6.42 Å². The molecule has 1 aliphatic heterocycles. The number of fused-ring (bicyclic) bond motifs is 8. The Bertz CT molecular complexity index is 1400. The number of hydrogen-bond acceptors (Lipinski definition) is 0. The van der Waals surface area contributed by atoms with E-state index in [1.807, 2.05) is 0 Å². The first-order valence-corrected chi connectivity index (χ1v) is 16.4. The van der Waals surface area contributed by atoms with E-state index in [4.69, 9.17) is 0 Å². The minimum atomic E-state index is -1.11. The van der Waals surface area contributed by atoms with Gasteiger partial charge in [0, 0.05) is 0 Å². The fraction of sp³-hybridized carbons (Fsp3) is 0.152. The van der Waals surface area contributed by atoms with Crippen molar-refractivity contribution in [3.63, 3.8) is 0 Å². The largest absolute Gasteiger partial charge is 1.00 e. The molecule has 0 N–H and O–H groups in total. The van der Waals surface area contributed by atoms with Crippen LogP contribution in [0.4, 0.5) is 0 Å².